The van der Waals surface area contributed by atoms with Gasteiger partial charge in [0.1, 0.15) is 0 Å². The van der Waals surface area contributed by atoms with Crippen LogP contribution < -0.4 is 5.73 Å². The number of aromatic nitrogens is 1. The lowest BCUT2D eigenvalue weighted by molar-refractivity contribution is 0.0693. The van der Waals surface area contributed by atoms with Gasteiger partial charge in [-0.1, -0.05) is 27.7 Å². The molecule has 1 aromatic rings. The monoisotopic (exact) mass is 236 g/mol. The highest BCUT2D eigenvalue weighted by Gasteiger charge is 2.27. The van der Waals surface area contributed by atoms with Gasteiger partial charge in [0.2, 0.25) is 0 Å². The summed E-state index contributed by atoms with van der Waals surface area (Å²) < 4.78 is 0. The first-order valence-corrected chi connectivity index (χ1v) is 5.77. The quantitative estimate of drug-likeness (QED) is 0.845. The zero-order valence-corrected chi connectivity index (χ0v) is 10.8. The smallest absolute Gasteiger partial charge is 0.336 e. The molecule has 1 atom stereocenters. The van der Waals surface area contributed by atoms with Crippen LogP contribution in [0.5, 0.6) is 0 Å². The summed E-state index contributed by atoms with van der Waals surface area (Å²) in [6.45, 7) is 7.89. The summed E-state index contributed by atoms with van der Waals surface area (Å²) in [5.41, 5.74) is 7.45. The lowest BCUT2D eigenvalue weighted by Crippen LogP contribution is -2.24. The van der Waals surface area contributed by atoms with Crippen LogP contribution in [0.1, 0.15) is 61.8 Å². The molecule has 0 bridgehead atoms. The van der Waals surface area contributed by atoms with E-state index in [0.29, 0.717) is 11.3 Å². The van der Waals surface area contributed by atoms with Crippen LogP contribution in [-0.2, 0) is 5.41 Å². The van der Waals surface area contributed by atoms with E-state index in [0.717, 1.165) is 12.0 Å². The number of carboxylic acid groups (broad SMARTS) is 1. The van der Waals surface area contributed by atoms with Gasteiger partial charge in [-0.05, 0) is 23.5 Å². The van der Waals surface area contributed by atoms with Gasteiger partial charge in [0.25, 0.3) is 0 Å². The molecule has 1 rings (SSSR count). The van der Waals surface area contributed by atoms with Crippen molar-refractivity contribution < 1.29 is 9.90 Å². The molecule has 0 amide bonds. The molecule has 0 aliphatic carbocycles. The maximum Gasteiger partial charge on any atom is 0.336 e. The van der Waals surface area contributed by atoms with Gasteiger partial charge in [0.05, 0.1) is 11.3 Å². The highest BCUT2D eigenvalue weighted by molar-refractivity contribution is 5.90. The second-order valence-electron chi connectivity index (χ2n) is 5.19. The maximum atomic E-state index is 11.3. The van der Waals surface area contributed by atoms with E-state index >= 15 is 0 Å². The summed E-state index contributed by atoms with van der Waals surface area (Å²) in [6, 6.07) is 1.32. The maximum absolute atomic E-state index is 11.3. The number of carboxylic acids is 1. The largest absolute Gasteiger partial charge is 0.478 e. The number of rotatable bonds is 3. The zero-order chi connectivity index (χ0) is 13.2. The van der Waals surface area contributed by atoms with Crippen LogP contribution in [0.4, 0.5) is 0 Å². The summed E-state index contributed by atoms with van der Waals surface area (Å²) in [5.74, 6) is -0.929. The van der Waals surface area contributed by atoms with Crippen LogP contribution in [0, 0.1) is 0 Å². The van der Waals surface area contributed by atoms with Gasteiger partial charge in [-0.25, -0.2) is 4.79 Å². The second kappa shape index (κ2) is 4.84. The molecule has 0 saturated heterocycles. The first-order valence-electron chi connectivity index (χ1n) is 5.77. The van der Waals surface area contributed by atoms with Crippen molar-refractivity contribution >= 4 is 5.97 Å². The predicted molar refractivity (Wildman–Crippen MR) is 67.1 cm³/mol. The zero-order valence-electron chi connectivity index (χ0n) is 10.8. The molecule has 0 aromatic carbocycles. The van der Waals surface area contributed by atoms with Crippen molar-refractivity contribution in [2.75, 3.05) is 0 Å². The Labute approximate surface area is 102 Å². The summed E-state index contributed by atoms with van der Waals surface area (Å²) in [7, 11) is 0. The van der Waals surface area contributed by atoms with Crippen molar-refractivity contribution in [3.63, 3.8) is 0 Å². The van der Waals surface area contributed by atoms with E-state index in [1.165, 1.54) is 12.3 Å². The number of hydrogen-bond acceptors (Lipinski definition) is 3. The van der Waals surface area contributed by atoms with Crippen molar-refractivity contribution in [1.29, 1.82) is 0 Å². The molecule has 1 heterocycles. The van der Waals surface area contributed by atoms with E-state index in [1.807, 2.05) is 27.7 Å². The van der Waals surface area contributed by atoms with Gasteiger partial charge in [0, 0.05) is 12.2 Å². The lowest BCUT2D eigenvalue weighted by atomic mass is 9.81. The van der Waals surface area contributed by atoms with Gasteiger partial charge in [-0.3, -0.25) is 4.98 Å². The van der Waals surface area contributed by atoms with Crippen LogP contribution in [0.15, 0.2) is 12.3 Å². The number of pyridine rings is 1. The molecule has 0 radical (unpaired) electrons. The van der Waals surface area contributed by atoms with Crippen molar-refractivity contribution in [3.8, 4) is 0 Å². The molecule has 4 nitrogen and oxygen atoms in total. The molecule has 0 spiro atoms. The molecular formula is C13H20N2O2. The normalized spacial score (nSPS) is 13.5. The third kappa shape index (κ3) is 2.82. The first-order chi connectivity index (χ1) is 7.79. The van der Waals surface area contributed by atoms with E-state index in [-0.39, 0.29) is 11.5 Å². The van der Waals surface area contributed by atoms with Crippen LogP contribution in [-0.4, -0.2) is 16.1 Å². The third-order valence-corrected chi connectivity index (χ3v) is 2.75. The Bertz CT molecular complexity index is 422. The molecule has 94 valence electrons. The molecule has 0 saturated carbocycles. The highest BCUT2D eigenvalue weighted by Crippen LogP contribution is 2.31. The summed E-state index contributed by atoms with van der Waals surface area (Å²) >= 11 is 0. The van der Waals surface area contributed by atoms with Crippen molar-refractivity contribution in [2.24, 2.45) is 5.73 Å². The van der Waals surface area contributed by atoms with Crippen molar-refractivity contribution in [1.82, 2.24) is 4.98 Å². The lowest BCUT2D eigenvalue weighted by Gasteiger charge is -2.26. The minimum atomic E-state index is -0.929. The minimum absolute atomic E-state index is 0.219. The van der Waals surface area contributed by atoms with Gasteiger partial charge in [0.15, 0.2) is 0 Å². The van der Waals surface area contributed by atoms with Crippen LogP contribution in [0.2, 0.25) is 0 Å². The molecule has 0 aliphatic rings. The van der Waals surface area contributed by atoms with E-state index in [1.54, 1.807) is 0 Å². The Balaban J connectivity index is 3.51. The van der Waals surface area contributed by atoms with Gasteiger partial charge in [-0.2, -0.15) is 0 Å². The fraction of sp³-hybridized carbons (Fsp3) is 0.538. The number of nitrogens with zero attached hydrogens (tertiary/aromatic N) is 1. The predicted octanol–water partition coefficient (Wildman–Crippen LogP) is 2.49. The van der Waals surface area contributed by atoms with Crippen LogP contribution in [0.25, 0.3) is 0 Å². The Morgan fingerprint density at radius 1 is 1.53 bits per heavy atom. The molecule has 1 aromatic heterocycles. The summed E-state index contributed by atoms with van der Waals surface area (Å²) in [4.78, 5) is 15.5. The number of hydrogen-bond donors (Lipinski definition) is 2. The average Bonchev–Trinajstić information content (AvgIpc) is 2.25. The standard InChI is InChI=1S/C13H20N2O2/c1-5-9(14)11-10(13(2,3)4)8(12(16)17)6-7-15-11/h6-7,9H,5,14H2,1-4H3,(H,16,17)/t9-/m1/s1. The van der Waals surface area contributed by atoms with Crippen LogP contribution in [0.3, 0.4) is 0 Å². The molecule has 4 heteroatoms. The average molecular weight is 236 g/mol. The molecular weight excluding hydrogens is 216 g/mol. The molecule has 0 unspecified atom stereocenters. The Morgan fingerprint density at radius 2 is 2.12 bits per heavy atom. The van der Waals surface area contributed by atoms with E-state index in [2.05, 4.69) is 4.98 Å². The molecule has 0 fully saturated rings. The topological polar surface area (TPSA) is 76.2 Å². The highest BCUT2D eigenvalue weighted by atomic mass is 16.4. The fourth-order valence-corrected chi connectivity index (χ4v) is 1.92. The van der Waals surface area contributed by atoms with E-state index < -0.39 is 5.97 Å². The van der Waals surface area contributed by atoms with Gasteiger partial charge >= 0.3 is 5.97 Å². The Kier molecular flexibility index (Phi) is 3.88. The fourth-order valence-electron chi connectivity index (χ4n) is 1.92. The van der Waals surface area contributed by atoms with Crippen LogP contribution >= 0.6 is 0 Å². The molecule has 17 heavy (non-hydrogen) atoms. The Hall–Kier alpha value is -1.42. The number of carbonyl (C=O) groups is 1. The molecule has 3 N–H and O–H groups in total. The van der Waals surface area contributed by atoms with E-state index in [4.69, 9.17) is 5.73 Å². The van der Waals surface area contributed by atoms with Gasteiger partial charge in [-0.15, -0.1) is 0 Å². The van der Waals surface area contributed by atoms with Gasteiger partial charge < -0.3 is 10.8 Å². The summed E-state index contributed by atoms with van der Waals surface area (Å²) in [6.07, 6.45) is 2.25. The number of nitrogens with two attached hydrogens (primary N) is 1. The van der Waals surface area contributed by atoms with Crippen molar-refractivity contribution in [3.05, 3.63) is 29.1 Å². The number of aromatic carboxylic acids is 1. The SMILES string of the molecule is CC[C@@H](N)c1nccc(C(=O)O)c1C(C)(C)C. The van der Waals surface area contributed by atoms with E-state index in [9.17, 15) is 9.90 Å². The van der Waals surface area contributed by atoms with Crippen molar-refractivity contribution in [2.45, 2.75) is 45.6 Å². The minimum Gasteiger partial charge on any atom is -0.478 e. The molecule has 0 aliphatic heterocycles. The Morgan fingerprint density at radius 3 is 2.53 bits per heavy atom. The summed E-state index contributed by atoms with van der Waals surface area (Å²) in [5, 5.41) is 9.24. The third-order valence-electron chi connectivity index (χ3n) is 2.75. The first kappa shape index (κ1) is 13.6. The second-order valence-corrected chi connectivity index (χ2v) is 5.19.